The van der Waals surface area contributed by atoms with Crippen LogP contribution >= 0.6 is 0 Å². The van der Waals surface area contributed by atoms with Crippen LogP contribution in [0, 0.1) is 0 Å². The van der Waals surface area contributed by atoms with Crippen LogP contribution in [0.15, 0.2) is 72.4 Å². The Labute approximate surface area is 129 Å². The van der Waals surface area contributed by atoms with E-state index in [2.05, 4.69) is 57.0 Å². The molecule has 2 heterocycles. The first-order chi connectivity index (χ1) is 10.8. The van der Waals surface area contributed by atoms with Crippen molar-refractivity contribution in [1.29, 1.82) is 0 Å². The Bertz CT molecular complexity index is 799. The summed E-state index contributed by atoms with van der Waals surface area (Å²) in [6.45, 7) is 1.89. The van der Waals surface area contributed by atoms with E-state index < -0.39 is 0 Å². The SMILES string of the molecule is O/N=C/c1ccc[n+](CCC[n+]2ccc3ccccc3c2)c1. The molecule has 110 valence electrons. The third kappa shape index (κ3) is 3.47. The average molecular weight is 293 g/mol. The predicted molar refractivity (Wildman–Crippen MR) is 84.8 cm³/mol. The Morgan fingerprint density at radius 3 is 2.45 bits per heavy atom. The summed E-state index contributed by atoms with van der Waals surface area (Å²) in [4.78, 5) is 0. The monoisotopic (exact) mass is 293 g/mol. The quantitative estimate of drug-likeness (QED) is 0.333. The first-order valence-corrected chi connectivity index (χ1v) is 7.39. The average Bonchev–Trinajstić information content (AvgIpc) is 2.55. The summed E-state index contributed by atoms with van der Waals surface area (Å²) in [5.74, 6) is 0. The van der Waals surface area contributed by atoms with Crippen LogP contribution in [0.1, 0.15) is 12.0 Å². The lowest BCUT2D eigenvalue weighted by molar-refractivity contribution is -0.726. The maximum atomic E-state index is 8.58. The van der Waals surface area contributed by atoms with Gasteiger partial charge in [0.05, 0.1) is 18.2 Å². The highest BCUT2D eigenvalue weighted by atomic mass is 16.4. The van der Waals surface area contributed by atoms with E-state index in [0.717, 1.165) is 25.1 Å². The normalized spacial score (nSPS) is 11.3. The molecule has 0 aliphatic heterocycles. The Morgan fingerprint density at radius 2 is 1.64 bits per heavy atom. The van der Waals surface area contributed by atoms with Crippen LogP contribution in [0.3, 0.4) is 0 Å². The molecule has 0 radical (unpaired) electrons. The number of aromatic nitrogens is 2. The molecule has 22 heavy (non-hydrogen) atoms. The first kappa shape index (κ1) is 14.2. The molecule has 0 amide bonds. The molecule has 3 aromatic rings. The van der Waals surface area contributed by atoms with E-state index in [9.17, 15) is 0 Å². The van der Waals surface area contributed by atoms with Crippen LogP contribution in [0.25, 0.3) is 10.8 Å². The van der Waals surface area contributed by atoms with E-state index in [1.807, 2.05) is 24.5 Å². The Hall–Kier alpha value is -2.75. The molecule has 0 atom stereocenters. The number of pyridine rings is 2. The predicted octanol–water partition coefficient (Wildman–Crippen LogP) is 2.31. The van der Waals surface area contributed by atoms with Gasteiger partial charge in [0.1, 0.15) is 0 Å². The van der Waals surface area contributed by atoms with Crippen molar-refractivity contribution < 1.29 is 14.3 Å². The molecular formula is C18H19N3O+2. The Morgan fingerprint density at radius 1 is 0.864 bits per heavy atom. The van der Waals surface area contributed by atoms with Gasteiger partial charge in [-0.15, -0.1) is 0 Å². The van der Waals surface area contributed by atoms with Gasteiger partial charge < -0.3 is 5.21 Å². The molecule has 4 nitrogen and oxygen atoms in total. The van der Waals surface area contributed by atoms with Crippen molar-refractivity contribution in [2.24, 2.45) is 5.16 Å². The van der Waals surface area contributed by atoms with Crippen molar-refractivity contribution >= 4 is 17.0 Å². The van der Waals surface area contributed by atoms with Gasteiger partial charge in [-0.2, -0.15) is 0 Å². The molecule has 0 aliphatic carbocycles. The Kier molecular flexibility index (Phi) is 4.39. The second kappa shape index (κ2) is 6.80. The van der Waals surface area contributed by atoms with Crippen LogP contribution < -0.4 is 9.13 Å². The van der Waals surface area contributed by atoms with E-state index in [1.165, 1.54) is 17.0 Å². The topological polar surface area (TPSA) is 40.4 Å². The molecular weight excluding hydrogens is 274 g/mol. The number of nitrogens with zero attached hydrogens (tertiary/aromatic N) is 3. The maximum absolute atomic E-state index is 8.58. The van der Waals surface area contributed by atoms with Crippen LogP contribution in [0.2, 0.25) is 0 Å². The van der Waals surface area contributed by atoms with Crippen LogP contribution in [0.5, 0.6) is 0 Å². The van der Waals surface area contributed by atoms with Gasteiger partial charge in [0.2, 0.25) is 0 Å². The molecule has 0 saturated carbocycles. The molecule has 2 aromatic heterocycles. The maximum Gasteiger partial charge on any atom is 0.177 e. The molecule has 1 N–H and O–H groups in total. The van der Waals surface area contributed by atoms with Gasteiger partial charge in [-0.05, 0) is 17.5 Å². The standard InChI is InChI=1S/C18H18N3O/c22-19-13-16-5-3-9-20(14-16)10-4-11-21-12-8-17-6-1-2-7-18(17)15-21/h1-3,5-9,12-15H,4,10-11H2/q+1/p+1/b19-13+. The van der Waals surface area contributed by atoms with Crippen molar-refractivity contribution in [3.05, 3.63) is 72.8 Å². The van der Waals surface area contributed by atoms with Crippen molar-refractivity contribution in [3.8, 4) is 0 Å². The largest absolute Gasteiger partial charge is 0.411 e. The summed E-state index contributed by atoms with van der Waals surface area (Å²) >= 11 is 0. The molecule has 1 aromatic carbocycles. The molecule has 0 aliphatic rings. The third-order valence-corrected chi connectivity index (χ3v) is 3.67. The summed E-state index contributed by atoms with van der Waals surface area (Å²) < 4.78 is 4.33. The zero-order chi connectivity index (χ0) is 15.2. The van der Waals surface area contributed by atoms with Crippen molar-refractivity contribution in [1.82, 2.24) is 0 Å². The second-order valence-electron chi connectivity index (χ2n) is 5.28. The summed E-state index contributed by atoms with van der Waals surface area (Å²) in [5, 5.41) is 14.2. The molecule has 0 unspecified atom stereocenters. The van der Waals surface area contributed by atoms with Crippen molar-refractivity contribution in [3.63, 3.8) is 0 Å². The van der Waals surface area contributed by atoms with Gasteiger partial charge in [0.25, 0.3) is 0 Å². The van der Waals surface area contributed by atoms with Gasteiger partial charge in [0.15, 0.2) is 37.9 Å². The van der Waals surface area contributed by atoms with E-state index in [1.54, 1.807) is 0 Å². The van der Waals surface area contributed by atoms with Gasteiger partial charge in [-0.1, -0.05) is 23.4 Å². The second-order valence-corrected chi connectivity index (χ2v) is 5.28. The minimum Gasteiger partial charge on any atom is -0.411 e. The van der Waals surface area contributed by atoms with Crippen molar-refractivity contribution in [2.45, 2.75) is 19.5 Å². The molecule has 0 bridgehead atoms. The molecule has 3 rings (SSSR count). The van der Waals surface area contributed by atoms with Gasteiger partial charge in [-0.25, -0.2) is 9.13 Å². The zero-order valence-electron chi connectivity index (χ0n) is 12.3. The summed E-state index contributed by atoms with van der Waals surface area (Å²) in [7, 11) is 0. The van der Waals surface area contributed by atoms with E-state index in [4.69, 9.17) is 5.21 Å². The zero-order valence-corrected chi connectivity index (χ0v) is 12.3. The number of rotatable bonds is 5. The minimum atomic E-state index is 0.892. The number of fused-ring (bicyclic) bond motifs is 1. The van der Waals surface area contributed by atoms with E-state index >= 15 is 0 Å². The number of hydrogen-bond acceptors (Lipinski definition) is 2. The van der Waals surface area contributed by atoms with E-state index in [0.29, 0.717) is 0 Å². The molecule has 0 fully saturated rings. The first-order valence-electron chi connectivity index (χ1n) is 7.39. The number of hydrogen-bond donors (Lipinski definition) is 1. The van der Waals surface area contributed by atoms with Crippen LogP contribution in [-0.4, -0.2) is 11.4 Å². The highest BCUT2D eigenvalue weighted by Gasteiger charge is 2.06. The van der Waals surface area contributed by atoms with Gasteiger partial charge in [0, 0.05) is 17.5 Å². The Balaban J connectivity index is 1.63. The number of oxime groups is 1. The fraction of sp³-hybridized carbons (Fsp3) is 0.167. The molecule has 0 spiro atoms. The van der Waals surface area contributed by atoms with Crippen molar-refractivity contribution in [2.75, 3.05) is 0 Å². The number of aryl methyl sites for hydroxylation is 2. The van der Waals surface area contributed by atoms with Gasteiger partial charge in [-0.3, -0.25) is 0 Å². The number of benzene rings is 1. The fourth-order valence-corrected chi connectivity index (χ4v) is 2.58. The fourth-order valence-electron chi connectivity index (χ4n) is 2.58. The lowest BCUT2D eigenvalue weighted by Gasteiger charge is -1.99. The lowest BCUT2D eigenvalue weighted by Crippen LogP contribution is -2.38. The molecule has 0 saturated heterocycles. The summed E-state index contributed by atoms with van der Waals surface area (Å²) in [6.07, 6.45) is 10.8. The van der Waals surface area contributed by atoms with Crippen LogP contribution in [-0.2, 0) is 13.1 Å². The highest BCUT2D eigenvalue weighted by Crippen LogP contribution is 2.09. The lowest BCUT2D eigenvalue weighted by atomic mass is 10.2. The van der Waals surface area contributed by atoms with Gasteiger partial charge >= 0.3 is 0 Å². The van der Waals surface area contributed by atoms with Crippen LogP contribution in [0.4, 0.5) is 0 Å². The molecule has 4 heteroatoms. The third-order valence-electron chi connectivity index (χ3n) is 3.67. The highest BCUT2D eigenvalue weighted by molar-refractivity contribution is 5.80. The smallest absolute Gasteiger partial charge is 0.177 e. The summed E-state index contributed by atoms with van der Waals surface area (Å²) in [6, 6.07) is 14.4. The van der Waals surface area contributed by atoms with E-state index in [-0.39, 0.29) is 0 Å². The minimum absolute atomic E-state index is 0.892. The summed E-state index contributed by atoms with van der Waals surface area (Å²) in [5.41, 5.74) is 0.892.